The quantitative estimate of drug-likeness (QED) is 0.592. The fourth-order valence-electron chi connectivity index (χ4n) is 3.25. The fourth-order valence-corrected chi connectivity index (χ4v) is 5.52. The van der Waals surface area contributed by atoms with Crippen LogP contribution in [0.4, 0.5) is 5.69 Å². The number of thiophene rings is 1. The van der Waals surface area contributed by atoms with Crippen molar-refractivity contribution in [3.8, 4) is 0 Å². The van der Waals surface area contributed by atoms with Crippen LogP contribution in [-0.2, 0) is 21.4 Å². The molecule has 31 heavy (non-hydrogen) atoms. The average Bonchev–Trinajstić information content (AvgIpc) is 2.97. The molecule has 2 N–H and O–H groups in total. The molecule has 10 heteroatoms. The first-order valence-electron chi connectivity index (χ1n) is 10.3. The molecule has 2 aromatic rings. The Bertz CT molecular complexity index is 1040. The van der Waals surface area contributed by atoms with Gasteiger partial charge >= 0.3 is 0 Å². The Kier molecular flexibility index (Phi) is 8.48. The number of nitrogens with zero attached hydrogens (tertiary/aromatic N) is 2. The van der Waals surface area contributed by atoms with Gasteiger partial charge in [0.15, 0.2) is 0 Å². The Hall–Kier alpha value is -1.94. The van der Waals surface area contributed by atoms with Crippen molar-refractivity contribution >= 4 is 50.4 Å². The maximum Gasteiger partial charge on any atom is 0.262 e. The summed E-state index contributed by atoms with van der Waals surface area (Å²) in [5.41, 5.74) is 0.436. The number of amides is 1. The van der Waals surface area contributed by atoms with Crippen molar-refractivity contribution in [1.29, 1.82) is 0 Å². The molecule has 0 spiro atoms. The van der Waals surface area contributed by atoms with E-state index in [1.807, 2.05) is 24.0 Å². The highest BCUT2D eigenvalue weighted by atomic mass is 35.5. The lowest BCUT2D eigenvalue weighted by molar-refractivity contribution is -0.117. The zero-order valence-electron chi connectivity index (χ0n) is 17.4. The SMILES string of the molecule is CCN(CC(=O)Nc1cccc(S(=O)(=O)NC2=NCCCCC2)c1)Cc1ccc(Cl)s1. The highest BCUT2D eigenvalue weighted by Crippen LogP contribution is 2.23. The van der Waals surface area contributed by atoms with Gasteiger partial charge in [0.2, 0.25) is 5.91 Å². The Morgan fingerprint density at radius 2 is 2.06 bits per heavy atom. The molecule has 3 rings (SSSR count). The number of aliphatic imine (C=N–C) groups is 1. The number of benzene rings is 1. The van der Waals surface area contributed by atoms with Crippen LogP contribution in [0.5, 0.6) is 0 Å². The largest absolute Gasteiger partial charge is 0.325 e. The molecule has 2 heterocycles. The van der Waals surface area contributed by atoms with E-state index in [1.54, 1.807) is 12.1 Å². The number of amidine groups is 1. The molecule has 1 aromatic carbocycles. The van der Waals surface area contributed by atoms with Gasteiger partial charge in [0.25, 0.3) is 10.0 Å². The molecule has 0 bridgehead atoms. The van der Waals surface area contributed by atoms with E-state index in [2.05, 4.69) is 15.0 Å². The minimum absolute atomic E-state index is 0.0952. The number of hydrogen-bond donors (Lipinski definition) is 2. The van der Waals surface area contributed by atoms with Crippen molar-refractivity contribution in [3.63, 3.8) is 0 Å². The minimum atomic E-state index is -3.75. The predicted octanol–water partition coefficient (Wildman–Crippen LogP) is 4.11. The second-order valence-electron chi connectivity index (χ2n) is 7.33. The van der Waals surface area contributed by atoms with Gasteiger partial charge < -0.3 is 5.32 Å². The van der Waals surface area contributed by atoms with E-state index < -0.39 is 10.0 Å². The summed E-state index contributed by atoms with van der Waals surface area (Å²) in [4.78, 5) is 20.0. The number of sulfonamides is 1. The molecule has 0 unspecified atom stereocenters. The predicted molar refractivity (Wildman–Crippen MR) is 126 cm³/mol. The van der Waals surface area contributed by atoms with Crippen LogP contribution in [0.1, 0.15) is 37.5 Å². The molecular weight excluding hydrogens is 456 g/mol. The molecule has 1 aromatic heterocycles. The summed E-state index contributed by atoms with van der Waals surface area (Å²) >= 11 is 7.47. The molecular formula is C21H27ClN4O3S2. The van der Waals surface area contributed by atoms with E-state index in [1.165, 1.54) is 23.5 Å². The van der Waals surface area contributed by atoms with Crippen LogP contribution < -0.4 is 10.0 Å². The van der Waals surface area contributed by atoms with E-state index in [-0.39, 0.29) is 17.3 Å². The van der Waals surface area contributed by atoms with Crippen LogP contribution >= 0.6 is 22.9 Å². The molecule has 1 aliphatic heterocycles. The molecule has 0 saturated heterocycles. The van der Waals surface area contributed by atoms with Gasteiger partial charge in [0.05, 0.1) is 15.8 Å². The molecule has 168 valence electrons. The van der Waals surface area contributed by atoms with Gasteiger partial charge in [0.1, 0.15) is 5.84 Å². The zero-order valence-corrected chi connectivity index (χ0v) is 19.8. The van der Waals surface area contributed by atoms with Gasteiger partial charge in [-0.2, -0.15) is 0 Å². The van der Waals surface area contributed by atoms with E-state index in [0.717, 1.165) is 28.5 Å². The van der Waals surface area contributed by atoms with Gasteiger partial charge in [-0.3, -0.25) is 19.4 Å². The number of carbonyl (C=O) groups is 1. The van der Waals surface area contributed by atoms with Crippen molar-refractivity contribution < 1.29 is 13.2 Å². The highest BCUT2D eigenvalue weighted by molar-refractivity contribution is 7.90. The van der Waals surface area contributed by atoms with Crippen LogP contribution in [0.25, 0.3) is 0 Å². The summed E-state index contributed by atoms with van der Waals surface area (Å²) < 4.78 is 28.8. The van der Waals surface area contributed by atoms with Gasteiger partial charge in [0, 0.05) is 30.1 Å². The van der Waals surface area contributed by atoms with Crippen molar-refractivity contribution in [2.45, 2.75) is 44.0 Å². The lowest BCUT2D eigenvalue weighted by Gasteiger charge is -2.19. The molecule has 0 aliphatic carbocycles. The van der Waals surface area contributed by atoms with Gasteiger partial charge in [-0.05, 0) is 49.7 Å². The Morgan fingerprint density at radius 3 is 2.81 bits per heavy atom. The number of hydrogen-bond acceptors (Lipinski definition) is 6. The molecule has 1 aliphatic rings. The van der Waals surface area contributed by atoms with Crippen LogP contribution in [0.2, 0.25) is 4.34 Å². The topological polar surface area (TPSA) is 90.9 Å². The third kappa shape index (κ3) is 7.31. The van der Waals surface area contributed by atoms with Crippen LogP contribution in [0.15, 0.2) is 46.3 Å². The summed E-state index contributed by atoms with van der Waals surface area (Å²) in [7, 11) is -3.75. The second-order valence-corrected chi connectivity index (χ2v) is 10.8. The lowest BCUT2D eigenvalue weighted by Crippen LogP contribution is -2.33. The zero-order chi connectivity index (χ0) is 22.3. The molecule has 7 nitrogen and oxygen atoms in total. The Morgan fingerprint density at radius 1 is 1.23 bits per heavy atom. The normalized spacial score (nSPS) is 14.7. The number of halogens is 1. The summed E-state index contributed by atoms with van der Waals surface area (Å²) in [5, 5.41) is 2.80. The van der Waals surface area contributed by atoms with Crippen molar-refractivity contribution in [2.24, 2.45) is 4.99 Å². The van der Waals surface area contributed by atoms with Gasteiger partial charge in [-0.25, -0.2) is 8.42 Å². The lowest BCUT2D eigenvalue weighted by atomic mass is 10.2. The number of likely N-dealkylation sites (N-methyl/N-ethyl adjacent to an activating group) is 1. The third-order valence-corrected chi connectivity index (χ3v) is 7.47. The molecule has 0 radical (unpaired) electrons. The van der Waals surface area contributed by atoms with Crippen molar-refractivity contribution in [2.75, 3.05) is 25.0 Å². The first kappa shape index (κ1) is 23.7. The molecule has 0 saturated carbocycles. The highest BCUT2D eigenvalue weighted by Gasteiger charge is 2.18. The minimum Gasteiger partial charge on any atom is -0.325 e. The molecule has 1 amide bonds. The van der Waals surface area contributed by atoms with E-state index >= 15 is 0 Å². The van der Waals surface area contributed by atoms with E-state index in [0.29, 0.717) is 37.6 Å². The number of nitrogens with one attached hydrogen (secondary N) is 2. The van der Waals surface area contributed by atoms with E-state index in [9.17, 15) is 13.2 Å². The first-order chi connectivity index (χ1) is 14.9. The fraction of sp³-hybridized carbons (Fsp3) is 0.429. The Balaban J connectivity index is 1.62. The van der Waals surface area contributed by atoms with Crippen LogP contribution in [-0.4, -0.2) is 44.7 Å². The first-order valence-corrected chi connectivity index (χ1v) is 13.0. The number of anilines is 1. The van der Waals surface area contributed by atoms with Crippen molar-refractivity contribution in [1.82, 2.24) is 9.62 Å². The van der Waals surface area contributed by atoms with Gasteiger partial charge in [-0.15, -0.1) is 11.3 Å². The molecule has 0 atom stereocenters. The number of carbonyl (C=O) groups excluding carboxylic acids is 1. The monoisotopic (exact) mass is 482 g/mol. The maximum atomic E-state index is 12.8. The second kappa shape index (κ2) is 11.1. The third-order valence-electron chi connectivity index (χ3n) is 4.88. The summed E-state index contributed by atoms with van der Waals surface area (Å²) in [6.07, 6.45) is 3.56. The smallest absolute Gasteiger partial charge is 0.262 e. The van der Waals surface area contributed by atoms with Crippen LogP contribution in [0, 0.1) is 0 Å². The van der Waals surface area contributed by atoms with Crippen molar-refractivity contribution in [3.05, 3.63) is 45.6 Å². The summed E-state index contributed by atoms with van der Waals surface area (Å²) in [6, 6.07) is 10.1. The molecule has 0 fully saturated rings. The maximum absolute atomic E-state index is 12.8. The van der Waals surface area contributed by atoms with E-state index in [4.69, 9.17) is 11.6 Å². The Labute approximate surface area is 192 Å². The van der Waals surface area contributed by atoms with Gasteiger partial charge in [-0.1, -0.05) is 31.0 Å². The van der Waals surface area contributed by atoms with Crippen LogP contribution in [0.3, 0.4) is 0 Å². The number of rotatable bonds is 8. The standard InChI is InChI=1S/C21H27ClN4O3S2/c1-2-26(14-17-10-11-19(22)30-17)15-21(27)24-16-7-6-8-18(13-16)31(28,29)25-20-9-4-3-5-12-23-20/h6-8,10-11,13H,2-5,9,12,14-15H2,1H3,(H,23,25)(H,24,27). The summed E-state index contributed by atoms with van der Waals surface area (Å²) in [6.45, 7) is 4.14. The average molecular weight is 483 g/mol. The summed E-state index contributed by atoms with van der Waals surface area (Å²) in [5.74, 6) is 0.291.